The maximum absolute atomic E-state index is 12.4. The molecule has 5 nitrogen and oxygen atoms in total. The van der Waals surface area contributed by atoms with E-state index in [2.05, 4.69) is 257 Å². The summed E-state index contributed by atoms with van der Waals surface area (Å²) < 4.78 is 10.8. The van der Waals surface area contributed by atoms with E-state index in [0.717, 1.165) is 173 Å². The van der Waals surface area contributed by atoms with Crippen LogP contribution in [0.4, 0.5) is 0 Å². The van der Waals surface area contributed by atoms with Crippen LogP contribution in [0.15, 0.2) is 243 Å². The van der Waals surface area contributed by atoms with Gasteiger partial charge in [0.25, 0.3) is 0 Å². The molecule has 534 valence electrons. The molecule has 0 fully saturated rings. The van der Waals surface area contributed by atoms with Gasteiger partial charge in [0.15, 0.2) is 6.10 Å². The van der Waals surface area contributed by atoms with Crippen molar-refractivity contribution in [3.63, 3.8) is 0 Å². The first-order valence-corrected chi connectivity index (χ1v) is 38.6. The molecule has 0 radical (unpaired) electrons. The van der Waals surface area contributed by atoms with Crippen LogP contribution in [-0.2, 0) is 19.1 Å². The average Bonchev–Trinajstić information content (AvgIpc) is 3.79. The number of aliphatic hydroxyl groups is 1. The Balaban J connectivity index is 3.61. The first-order valence-electron chi connectivity index (χ1n) is 38.6. The molecule has 0 aromatic heterocycles. The summed E-state index contributed by atoms with van der Waals surface area (Å²) in [6.45, 7) is 3.90. The van der Waals surface area contributed by atoms with Gasteiger partial charge in [0.1, 0.15) is 6.61 Å². The maximum atomic E-state index is 12.4. The number of carbonyl (C=O) groups is 2. The highest BCUT2D eigenvalue weighted by Crippen LogP contribution is 2.16. The second-order valence-corrected chi connectivity index (χ2v) is 24.6. The number of allylic oxidation sites excluding steroid dienone is 40. The fourth-order valence-electron chi connectivity index (χ4n) is 9.97. The third-order valence-corrected chi connectivity index (χ3v) is 15.6. The Labute approximate surface area is 591 Å². The van der Waals surface area contributed by atoms with Gasteiger partial charge in [-0.25, -0.2) is 0 Å². The van der Waals surface area contributed by atoms with E-state index in [1.54, 1.807) is 0 Å². The Hall–Kier alpha value is -6.30. The molecule has 0 bridgehead atoms. The third-order valence-electron chi connectivity index (χ3n) is 15.6. The van der Waals surface area contributed by atoms with Gasteiger partial charge in [-0.05, 0) is 167 Å². The van der Waals surface area contributed by atoms with E-state index in [4.69, 9.17) is 9.47 Å². The zero-order chi connectivity index (χ0) is 69.0. The summed E-state index contributed by atoms with van der Waals surface area (Å²) in [5, 5.41) is 9.72. The minimum absolute atomic E-state index is 0.0844. The summed E-state index contributed by atoms with van der Waals surface area (Å²) in [7, 11) is 0. The smallest absolute Gasteiger partial charge is 0.306 e. The van der Waals surface area contributed by atoms with Crippen LogP contribution in [0.3, 0.4) is 0 Å². The highest BCUT2D eigenvalue weighted by molar-refractivity contribution is 5.70. The van der Waals surface area contributed by atoms with E-state index >= 15 is 0 Å². The molecule has 96 heavy (non-hydrogen) atoms. The highest BCUT2D eigenvalue weighted by atomic mass is 16.6. The molecule has 0 saturated heterocycles. The molecule has 0 aliphatic carbocycles. The first kappa shape index (κ1) is 89.7. The molecule has 0 aromatic carbocycles. The largest absolute Gasteiger partial charge is 0.462 e. The van der Waals surface area contributed by atoms with Gasteiger partial charge in [-0.2, -0.15) is 0 Å². The molecule has 1 unspecified atom stereocenters. The third kappa shape index (κ3) is 80.1. The lowest BCUT2D eigenvalue weighted by atomic mass is 10.0. The van der Waals surface area contributed by atoms with Gasteiger partial charge in [-0.15, -0.1) is 0 Å². The summed E-state index contributed by atoms with van der Waals surface area (Å²) in [4.78, 5) is 24.7. The van der Waals surface area contributed by atoms with Crippen LogP contribution in [0.25, 0.3) is 0 Å². The molecule has 0 rings (SSSR count). The molecular formula is C91H140O5. The normalized spacial score (nSPS) is 13.7. The molecule has 0 spiro atoms. The van der Waals surface area contributed by atoms with Crippen molar-refractivity contribution in [2.75, 3.05) is 13.2 Å². The molecule has 0 aliphatic rings. The topological polar surface area (TPSA) is 72.8 Å². The van der Waals surface area contributed by atoms with Gasteiger partial charge >= 0.3 is 11.9 Å². The van der Waals surface area contributed by atoms with Crippen molar-refractivity contribution in [2.45, 2.75) is 302 Å². The van der Waals surface area contributed by atoms with Crippen molar-refractivity contribution < 1.29 is 24.2 Å². The minimum Gasteiger partial charge on any atom is -0.462 e. The van der Waals surface area contributed by atoms with Crippen LogP contribution < -0.4 is 0 Å². The zero-order valence-corrected chi connectivity index (χ0v) is 61.3. The van der Waals surface area contributed by atoms with E-state index in [1.165, 1.54) is 96.3 Å². The Kier molecular flexibility index (Phi) is 77.5. The number of hydrogen-bond acceptors (Lipinski definition) is 5. The monoisotopic (exact) mass is 1310 g/mol. The van der Waals surface area contributed by atoms with E-state index in [9.17, 15) is 14.7 Å². The number of unbranched alkanes of at least 4 members (excludes halogenated alkanes) is 20. The van der Waals surface area contributed by atoms with Crippen molar-refractivity contribution in [3.05, 3.63) is 243 Å². The quantitative estimate of drug-likeness (QED) is 0.0373. The summed E-state index contributed by atoms with van der Waals surface area (Å²) in [5.74, 6) is -0.616. The summed E-state index contributed by atoms with van der Waals surface area (Å²) in [6.07, 6.45) is 136. The number of carbonyl (C=O) groups excluding carboxylic acids is 2. The van der Waals surface area contributed by atoms with Crippen LogP contribution in [-0.4, -0.2) is 36.4 Å². The van der Waals surface area contributed by atoms with Gasteiger partial charge in [-0.1, -0.05) is 360 Å². The standard InChI is InChI=1S/C91H140O5/c1-3-5-7-9-11-13-15-17-19-21-23-25-27-29-31-33-35-37-39-41-43-45-47-49-51-53-55-57-59-61-63-65-67-69-71-73-75-77-79-81-83-85-90(93)95-88-89(87-92)96-91(94)86-84-82-80-78-76-74-72-70-68-66-64-62-60-58-56-54-52-50-48-46-44-42-40-38-36-34-32-30-28-26-24-22-20-18-16-14-12-10-8-6-4-2/h5-8,11-14,17-20,23-26,29-32,35-38,41-44,47-50,53-56,60,62,66,68,89,92H,3-4,9-10,15-16,21-22,27-28,33-34,39-40,45-46,51-52,57-59,61,63-65,67,69-88H2,1-2H3/b7-5-,8-6-,13-11-,14-12-,19-17-,20-18-,25-23-,26-24-,31-29-,32-30-,37-35-,38-36-,43-41-,44-42-,49-47-,50-48-,55-53-,56-54-,62-60-,68-66-. The average molecular weight is 1310 g/mol. The lowest BCUT2D eigenvalue weighted by molar-refractivity contribution is -0.161. The van der Waals surface area contributed by atoms with Crippen molar-refractivity contribution in [1.82, 2.24) is 0 Å². The van der Waals surface area contributed by atoms with E-state index in [0.29, 0.717) is 12.8 Å². The van der Waals surface area contributed by atoms with E-state index in [1.807, 2.05) is 0 Å². The molecular weight excluding hydrogens is 1170 g/mol. The predicted octanol–water partition coefficient (Wildman–Crippen LogP) is 27.8. The van der Waals surface area contributed by atoms with E-state index < -0.39 is 6.10 Å². The Bertz CT molecular complexity index is 2340. The van der Waals surface area contributed by atoms with Gasteiger partial charge in [0, 0.05) is 12.8 Å². The molecule has 1 N–H and O–H groups in total. The fourth-order valence-corrected chi connectivity index (χ4v) is 9.97. The summed E-state index contributed by atoms with van der Waals surface area (Å²) in [5.41, 5.74) is 0. The minimum atomic E-state index is -0.798. The van der Waals surface area contributed by atoms with E-state index in [-0.39, 0.29) is 25.2 Å². The van der Waals surface area contributed by atoms with Crippen molar-refractivity contribution >= 4 is 11.9 Å². The maximum Gasteiger partial charge on any atom is 0.306 e. The van der Waals surface area contributed by atoms with Gasteiger partial charge in [0.05, 0.1) is 6.61 Å². The Morgan fingerprint density at radius 2 is 0.417 bits per heavy atom. The van der Waals surface area contributed by atoms with Gasteiger partial charge in [0.2, 0.25) is 0 Å². The zero-order valence-electron chi connectivity index (χ0n) is 61.3. The number of esters is 2. The van der Waals surface area contributed by atoms with Crippen LogP contribution in [0, 0.1) is 0 Å². The molecule has 0 aliphatic heterocycles. The molecule has 0 aromatic rings. The Morgan fingerprint density at radius 3 is 0.625 bits per heavy atom. The van der Waals surface area contributed by atoms with Crippen LogP contribution >= 0.6 is 0 Å². The highest BCUT2D eigenvalue weighted by Gasteiger charge is 2.16. The fraction of sp³-hybridized carbons (Fsp3) is 0.538. The second-order valence-electron chi connectivity index (χ2n) is 24.6. The van der Waals surface area contributed by atoms with Crippen molar-refractivity contribution in [3.8, 4) is 0 Å². The van der Waals surface area contributed by atoms with Crippen molar-refractivity contribution in [1.29, 1.82) is 0 Å². The predicted molar refractivity (Wildman–Crippen MR) is 425 cm³/mol. The number of aliphatic hydroxyl groups excluding tert-OH is 1. The Morgan fingerprint density at radius 1 is 0.240 bits per heavy atom. The van der Waals surface area contributed by atoms with Crippen LogP contribution in [0.5, 0.6) is 0 Å². The summed E-state index contributed by atoms with van der Waals surface area (Å²) in [6, 6.07) is 0. The van der Waals surface area contributed by atoms with Gasteiger partial charge in [-0.3, -0.25) is 9.59 Å². The number of ether oxygens (including phenoxy) is 2. The second kappa shape index (κ2) is 82.9. The van der Waals surface area contributed by atoms with Crippen LogP contribution in [0.1, 0.15) is 296 Å². The molecule has 5 heteroatoms. The number of hydrogen-bond donors (Lipinski definition) is 1. The molecule has 0 amide bonds. The lowest BCUT2D eigenvalue weighted by Gasteiger charge is -2.15. The first-order chi connectivity index (χ1) is 47.6. The summed E-state index contributed by atoms with van der Waals surface area (Å²) >= 11 is 0. The van der Waals surface area contributed by atoms with Gasteiger partial charge < -0.3 is 14.6 Å². The molecule has 1 atom stereocenters. The van der Waals surface area contributed by atoms with Crippen molar-refractivity contribution in [2.24, 2.45) is 0 Å². The lowest BCUT2D eigenvalue weighted by Crippen LogP contribution is -2.28. The van der Waals surface area contributed by atoms with Crippen LogP contribution in [0.2, 0.25) is 0 Å². The molecule has 0 heterocycles. The number of rotatable bonds is 68. The SMILES string of the molecule is CC/C=C\C/C=C\C/C=C\C/C=C\C/C=C\C/C=C\C/C=C\C/C=C\C/C=C\C/C=C\C/C=C\CCCCCCCCCC(=O)OC(CO)COC(=O)CCCCCCCCCCCCCCC/C=C\C/C=C\C/C=C\C/C=C\C/C=C\C/C=C\C/C=C\C/C=C\C/C=C\CC. The molecule has 0 saturated carbocycles.